The summed E-state index contributed by atoms with van der Waals surface area (Å²) < 4.78 is 0. The van der Waals surface area contributed by atoms with Gasteiger partial charge in [-0.05, 0) is 43.3 Å². The van der Waals surface area contributed by atoms with Crippen LogP contribution in [-0.2, 0) is 0 Å². The SMILES string of the molecule is Cc1ccccc1[C@H](C)NC(=O)c1sc(-c2cccs2)nc1C. The van der Waals surface area contributed by atoms with Gasteiger partial charge < -0.3 is 5.32 Å². The molecule has 0 fully saturated rings. The third-order valence-corrected chi connectivity index (χ3v) is 5.93. The van der Waals surface area contributed by atoms with Gasteiger partial charge in [-0.15, -0.1) is 22.7 Å². The Hall–Kier alpha value is -1.98. The number of hydrogen-bond acceptors (Lipinski definition) is 4. The molecule has 0 spiro atoms. The summed E-state index contributed by atoms with van der Waals surface area (Å²) in [4.78, 5) is 18.9. The summed E-state index contributed by atoms with van der Waals surface area (Å²) >= 11 is 3.09. The van der Waals surface area contributed by atoms with E-state index in [9.17, 15) is 4.79 Å². The van der Waals surface area contributed by atoms with E-state index < -0.39 is 0 Å². The van der Waals surface area contributed by atoms with Crippen LogP contribution in [0.4, 0.5) is 0 Å². The zero-order valence-electron chi connectivity index (χ0n) is 13.3. The normalized spacial score (nSPS) is 12.1. The Morgan fingerprint density at radius 1 is 1.17 bits per heavy atom. The maximum atomic E-state index is 12.6. The fourth-order valence-corrected chi connectivity index (χ4v) is 4.29. The molecule has 1 amide bonds. The molecule has 2 aromatic heterocycles. The van der Waals surface area contributed by atoms with Crippen molar-refractivity contribution in [1.82, 2.24) is 10.3 Å². The lowest BCUT2D eigenvalue weighted by molar-refractivity contribution is 0.0943. The second-order valence-electron chi connectivity index (χ2n) is 5.46. The standard InChI is InChI=1S/C18H18N2OS2/c1-11-7-4-5-8-14(11)12(2)19-17(21)16-13(3)20-18(23-16)15-9-6-10-22-15/h4-10,12H,1-3H3,(H,19,21)/t12-/m0/s1. The molecule has 0 saturated carbocycles. The number of aromatic nitrogens is 1. The molecule has 3 nitrogen and oxygen atoms in total. The number of thiophene rings is 1. The quantitative estimate of drug-likeness (QED) is 0.726. The van der Waals surface area contributed by atoms with Crippen LogP contribution in [0.1, 0.15) is 39.5 Å². The first-order chi connectivity index (χ1) is 11.1. The predicted molar refractivity (Wildman–Crippen MR) is 97.2 cm³/mol. The number of nitrogens with one attached hydrogen (secondary N) is 1. The molecule has 3 aromatic rings. The van der Waals surface area contributed by atoms with E-state index in [0.717, 1.165) is 21.1 Å². The van der Waals surface area contributed by atoms with Gasteiger partial charge in [-0.2, -0.15) is 0 Å². The number of carbonyl (C=O) groups excluding carboxylic acids is 1. The number of rotatable bonds is 4. The zero-order chi connectivity index (χ0) is 16.4. The summed E-state index contributed by atoms with van der Waals surface area (Å²) in [6.07, 6.45) is 0. The molecule has 23 heavy (non-hydrogen) atoms. The summed E-state index contributed by atoms with van der Waals surface area (Å²) in [5.41, 5.74) is 3.11. The first kappa shape index (κ1) is 15.9. The highest BCUT2D eigenvalue weighted by molar-refractivity contribution is 7.22. The molecule has 2 heterocycles. The lowest BCUT2D eigenvalue weighted by atomic mass is 10.0. The first-order valence-corrected chi connectivity index (χ1v) is 9.13. The van der Waals surface area contributed by atoms with E-state index >= 15 is 0 Å². The average molecular weight is 342 g/mol. The molecule has 5 heteroatoms. The van der Waals surface area contributed by atoms with Crippen LogP contribution in [0.5, 0.6) is 0 Å². The third kappa shape index (κ3) is 3.35. The molecule has 118 valence electrons. The molecule has 0 aliphatic carbocycles. The van der Waals surface area contributed by atoms with Crippen molar-refractivity contribution < 1.29 is 4.79 Å². The number of thiazole rings is 1. The van der Waals surface area contributed by atoms with Crippen LogP contribution in [0.3, 0.4) is 0 Å². The van der Waals surface area contributed by atoms with Crippen LogP contribution in [0.2, 0.25) is 0 Å². The third-order valence-electron chi connectivity index (χ3n) is 3.74. The number of carbonyl (C=O) groups is 1. The van der Waals surface area contributed by atoms with E-state index in [2.05, 4.69) is 29.4 Å². The number of amides is 1. The molecule has 0 aliphatic rings. The fourth-order valence-electron chi connectivity index (χ4n) is 2.53. The van der Waals surface area contributed by atoms with Crippen molar-refractivity contribution in [2.45, 2.75) is 26.8 Å². The minimum absolute atomic E-state index is 0.0320. The van der Waals surface area contributed by atoms with E-state index in [0.29, 0.717) is 4.88 Å². The van der Waals surface area contributed by atoms with E-state index in [-0.39, 0.29) is 11.9 Å². The van der Waals surface area contributed by atoms with E-state index in [1.54, 1.807) is 11.3 Å². The summed E-state index contributed by atoms with van der Waals surface area (Å²) in [5, 5.41) is 6.02. The molecule has 0 bridgehead atoms. The van der Waals surface area contributed by atoms with Crippen molar-refractivity contribution in [3.63, 3.8) is 0 Å². The number of aryl methyl sites for hydroxylation is 2. The van der Waals surface area contributed by atoms with Crippen LogP contribution in [0, 0.1) is 13.8 Å². The fraction of sp³-hybridized carbons (Fsp3) is 0.222. The highest BCUT2D eigenvalue weighted by Crippen LogP contribution is 2.31. The molecule has 0 radical (unpaired) electrons. The Morgan fingerprint density at radius 3 is 2.65 bits per heavy atom. The minimum atomic E-state index is -0.0569. The van der Waals surface area contributed by atoms with Gasteiger partial charge in [-0.25, -0.2) is 4.98 Å². The number of benzene rings is 1. The Balaban J connectivity index is 1.80. The van der Waals surface area contributed by atoms with Gasteiger partial charge in [0.05, 0.1) is 16.6 Å². The van der Waals surface area contributed by atoms with Crippen molar-refractivity contribution in [1.29, 1.82) is 0 Å². The summed E-state index contributed by atoms with van der Waals surface area (Å²) in [6.45, 7) is 5.96. The van der Waals surface area contributed by atoms with E-state index in [1.807, 2.05) is 43.5 Å². The van der Waals surface area contributed by atoms with Crippen molar-refractivity contribution in [2.75, 3.05) is 0 Å². The van der Waals surface area contributed by atoms with E-state index in [4.69, 9.17) is 0 Å². The molecule has 1 aromatic carbocycles. The van der Waals surface area contributed by atoms with Crippen LogP contribution in [0.15, 0.2) is 41.8 Å². The topological polar surface area (TPSA) is 42.0 Å². The molecule has 0 saturated heterocycles. The summed E-state index contributed by atoms with van der Waals surface area (Å²) in [5.74, 6) is -0.0569. The first-order valence-electron chi connectivity index (χ1n) is 7.44. The van der Waals surface area contributed by atoms with Crippen molar-refractivity contribution in [3.05, 3.63) is 63.5 Å². The Bertz CT molecular complexity index is 821. The van der Waals surface area contributed by atoms with Gasteiger partial charge in [0.25, 0.3) is 5.91 Å². The minimum Gasteiger partial charge on any atom is -0.345 e. The molecule has 1 atom stereocenters. The molecule has 1 N–H and O–H groups in total. The Labute approximate surface area is 144 Å². The number of hydrogen-bond donors (Lipinski definition) is 1. The molecular weight excluding hydrogens is 324 g/mol. The molecule has 0 aliphatic heterocycles. The Morgan fingerprint density at radius 2 is 1.96 bits per heavy atom. The van der Waals surface area contributed by atoms with Gasteiger partial charge >= 0.3 is 0 Å². The van der Waals surface area contributed by atoms with Crippen LogP contribution < -0.4 is 5.32 Å². The largest absolute Gasteiger partial charge is 0.345 e. The van der Waals surface area contributed by atoms with Crippen LogP contribution in [-0.4, -0.2) is 10.9 Å². The van der Waals surface area contributed by atoms with Crippen LogP contribution in [0.25, 0.3) is 9.88 Å². The van der Waals surface area contributed by atoms with Crippen LogP contribution >= 0.6 is 22.7 Å². The second-order valence-corrected chi connectivity index (χ2v) is 7.41. The van der Waals surface area contributed by atoms with E-state index in [1.165, 1.54) is 16.9 Å². The second kappa shape index (κ2) is 6.64. The lowest BCUT2D eigenvalue weighted by Gasteiger charge is -2.16. The maximum Gasteiger partial charge on any atom is 0.263 e. The van der Waals surface area contributed by atoms with Crippen molar-refractivity contribution in [3.8, 4) is 9.88 Å². The lowest BCUT2D eigenvalue weighted by Crippen LogP contribution is -2.26. The van der Waals surface area contributed by atoms with Crippen molar-refractivity contribution >= 4 is 28.6 Å². The highest BCUT2D eigenvalue weighted by atomic mass is 32.1. The van der Waals surface area contributed by atoms with Gasteiger partial charge in [-0.1, -0.05) is 30.3 Å². The van der Waals surface area contributed by atoms with Gasteiger partial charge in [0.1, 0.15) is 9.88 Å². The smallest absolute Gasteiger partial charge is 0.263 e. The average Bonchev–Trinajstić information content (AvgIpc) is 3.16. The highest BCUT2D eigenvalue weighted by Gasteiger charge is 2.19. The van der Waals surface area contributed by atoms with Gasteiger partial charge in [0.15, 0.2) is 0 Å². The summed E-state index contributed by atoms with van der Waals surface area (Å²) in [7, 11) is 0. The maximum absolute atomic E-state index is 12.6. The molecular formula is C18H18N2OS2. The molecule has 3 rings (SSSR count). The predicted octanol–water partition coefficient (Wildman–Crippen LogP) is 4.98. The summed E-state index contributed by atoms with van der Waals surface area (Å²) in [6, 6.07) is 12.1. The van der Waals surface area contributed by atoms with Crippen molar-refractivity contribution in [2.24, 2.45) is 0 Å². The van der Waals surface area contributed by atoms with Gasteiger partial charge in [-0.3, -0.25) is 4.79 Å². The molecule has 0 unspecified atom stereocenters. The number of nitrogens with zero attached hydrogens (tertiary/aromatic N) is 1. The Kier molecular flexibility index (Phi) is 4.59. The van der Waals surface area contributed by atoms with Gasteiger partial charge in [0, 0.05) is 0 Å². The van der Waals surface area contributed by atoms with Gasteiger partial charge in [0.2, 0.25) is 0 Å². The monoisotopic (exact) mass is 342 g/mol. The zero-order valence-corrected chi connectivity index (χ0v) is 14.9.